The highest BCUT2D eigenvalue weighted by Gasteiger charge is 2.46. The minimum atomic E-state index is -3.46. The Morgan fingerprint density at radius 1 is 0.979 bits per heavy atom. The third-order valence-corrected chi connectivity index (χ3v) is 14.7. The average Bonchev–Trinajstić information content (AvgIpc) is 3.35. The Labute approximate surface area is 281 Å². The van der Waals surface area contributed by atoms with E-state index in [0.717, 1.165) is 64.6 Å². The van der Waals surface area contributed by atoms with Crippen LogP contribution in [-0.2, 0) is 14.8 Å². The zero-order valence-electron chi connectivity index (χ0n) is 28.7. The van der Waals surface area contributed by atoms with E-state index in [1.807, 2.05) is 4.90 Å². The highest BCUT2D eigenvalue weighted by molar-refractivity contribution is 7.89. The van der Waals surface area contributed by atoms with Crippen molar-refractivity contribution in [1.82, 2.24) is 30.1 Å². The number of hydrogen-bond donors (Lipinski definition) is 5. The highest BCUT2D eigenvalue weighted by atomic mass is 32.2. The molecular formula is C33H62F2N8O3S. The number of carbonyl (C=O) groups is 1. The van der Waals surface area contributed by atoms with Crippen LogP contribution in [-0.4, -0.2) is 135 Å². The van der Waals surface area contributed by atoms with E-state index in [1.54, 1.807) is 4.31 Å². The molecule has 14 heteroatoms. The molecule has 0 aliphatic carbocycles. The van der Waals surface area contributed by atoms with Crippen LogP contribution in [0.4, 0.5) is 8.78 Å². The number of carbonyl (C=O) groups excluding carboxylic acids is 1. The fourth-order valence-corrected chi connectivity index (χ4v) is 11.6. The van der Waals surface area contributed by atoms with Crippen LogP contribution < -0.4 is 27.4 Å². The molecule has 6 heterocycles. The third kappa shape index (κ3) is 8.66. The van der Waals surface area contributed by atoms with Crippen molar-refractivity contribution < 1.29 is 22.0 Å². The van der Waals surface area contributed by atoms with Crippen LogP contribution in [0, 0.1) is 11.3 Å². The molecule has 7 N–H and O–H groups in total. The van der Waals surface area contributed by atoms with Crippen molar-refractivity contribution >= 4 is 15.9 Å². The van der Waals surface area contributed by atoms with Crippen LogP contribution >= 0.6 is 0 Å². The lowest BCUT2D eigenvalue weighted by molar-refractivity contribution is -0.128. The first-order valence-electron chi connectivity index (χ1n) is 18.5. The lowest BCUT2D eigenvalue weighted by atomic mass is 9.70. The smallest absolute Gasteiger partial charge is 0.227 e. The summed E-state index contributed by atoms with van der Waals surface area (Å²) >= 11 is 0. The summed E-state index contributed by atoms with van der Waals surface area (Å²) in [7, 11) is -3.46. The molecule has 7 atom stereocenters. The molecule has 6 aliphatic heterocycles. The van der Waals surface area contributed by atoms with Gasteiger partial charge in [0, 0.05) is 44.8 Å². The van der Waals surface area contributed by atoms with E-state index in [4.69, 9.17) is 11.5 Å². The normalized spacial score (nSPS) is 37.9. The molecule has 0 spiro atoms. The van der Waals surface area contributed by atoms with E-state index in [-0.39, 0.29) is 30.5 Å². The number of halogens is 2. The standard InChI is InChI=1S/C33H62F2N8O3S/c1-3-11-33(4-2)12-5-6-23(34)20-39-27(19-33)29(31(36)37)32(44)40-28-22-38-21-26(35)30(28)42-15-9-25(10-16-42)47(45,46)43-18-17-41-13-7-24(43)8-14-41/h23-31,38-39H,3-22,36-37H2,1-2H3,(H,40,44). The first-order valence-corrected chi connectivity index (χ1v) is 20.0. The van der Waals surface area contributed by atoms with Gasteiger partial charge in [0.05, 0.1) is 29.4 Å². The first-order chi connectivity index (χ1) is 22.5. The maximum absolute atomic E-state index is 15.7. The van der Waals surface area contributed by atoms with Gasteiger partial charge in [-0.1, -0.05) is 26.7 Å². The minimum absolute atomic E-state index is 0.0436. The molecule has 1 amide bonds. The Bertz CT molecular complexity index is 1120. The SMILES string of the molecule is CCCC1(CC)CCCC(F)CNC(C(C(=O)NC2CNCC(F)C2N2CCC(S(=O)(=O)N3CCN4CCC3CC4)CC2)C(N)N)C1. The Hall–Kier alpha value is -1.00. The van der Waals surface area contributed by atoms with Crippen molar-refractivity contribution in [2.24, 2.45) is 22.8 Å². The van der Waals surface area contributed by atoms with E-state index < -0.39 is 57.8 Å². The molecule has 0 radical (unpaired) electrons. The molecule has 7 unspecified atom stereocenters. The van der Waals surface area contributed by atoms with Crippen LogP contribution in [0.2, 0.25) is 0 Å². The number of piperidine rings is 3. The number of hydrogen-bond acceptors (Lipinski definition) is 9. The van der Waals surface area contributed by atoms with Gasteiger partial charge >= 0.3 is 0 Å². The van der Waals surface area contributed by atoms with Gasteiger partial charge in [0.1, 0.15) is 12.3 Å². The predicted octanol–water partition coefficient (Wildman–Crippen LogP) is 1.28. The summed E-state index contributed by atoms with van der Waals surface area (Å²) in [4.78, 5) is 18.5. The number of nitrogens with one attached hydrogen (secondary N) is 3. The summed E-state index contributed by atoms with van der Waals surface area (Å²) in [6.45, 7) is 9.15. The van der Waals surface area contributed by atoms with Crippen LogP contribution in [0.5, 0.6) is 0 Å². The van der Waals surface area contributed by atoms with Crippen LogP contribution in [0.3, 0.4) is 0 Å². The number of fused-ring (bicyclic) bond motifs is 4. The molecule has 6 rings (SSSR count). The van der Waals surface area contributed by atoms with E-state index in [9.17, 15) is 17.6 Å². The van der Waals surface area contributed by atoms with Gasteiger partial charge in [0.2, 0.25) is 15.9 Å². The first kappa shape index (κ1) is 37.3. The fourth-order valence-electron chi connectivity index (χ4n) is 9.48. The molecule has 6 aliphatic rings. The van der Waals surface area contributed by atoms with Gasteiger partial charge in [0.25, 0.3) is 0 Å². The van der Waals surface area contributed by atoms with Gasteiger partial charge < -0.3 is 32.3 Å². The number of amides is 1. The molecule has 0 aromatic heterocycles. The fraction of sp³-hybridized carbons (Fsp3) is 0.970. The number of likely N-dealkylation sites (tertiary alicyclic amines) is 1. The number of alkyl halides is 2. The molecule has 2 bridgehead atoms. The van der Waals surface area contributed by atoms with Gasteiger partial charge in [0.15, 0.2) is 0 Å². The molecule has 6 fully saturated rings. The zero-order valence-corrected chi connectivity index (χ0v) is 29.5. The van der Waals surface area contributed by atoms with E-state index >= 15 is 4.39 Å². The molecular weight excluding hydrogens is 626 g/mol. The molecule has 47 heavy (non-hydrogen) atoms. The zero-order chi connectivity index (χ0) is 33.8. The van der Waals surface area contributed by atoms with Crippen molar-refractivity contribution in [3.63, 3.8) is 0 Å². The second kappa shape index (κ2) is 16.3. The third-order valence-electron chi connectivity index (χ3n) is 12.2. The number of nitrogens with two attached hydrogens (primary N) is 2. The van der Waals surface area contributed by atoms with Crippen molar-refractivity contribution in [2.75, 3.05) is 58.9 Å². The van der Waals surface area contributed by atoms with Crippen LogP contribution in [0.15, 0.2) is 0 Å². The number of rotatable bonds is 10. The second-order valence-corrected chi connectivity index (χ2v) is 17.3. The van der Waals surface area contributed by atoms with E-state index in [0.29, 0.717) is 51.9 Å². The Morgan fingerprint density at radius 3 is 2.36 bits per heavy atom. The van der Waals surface area contributed by atoms with Crippen molar-refractivity contribution in [3.05, 3.63) is 0 Å². The largest absolute Gasteiger partial charge is 0.350 e. The van der Waals surface area contributed by atoms with Gasteiger partial charge in [-0.15, -0.1) is 0 Å². The molecule has 272 valence electrons. The lowest BCUT2D eigenvalue weighted by Gasteiger charge is -2.46. The quantitative estimate of drug-likeness (QED) is 0.214. The average molecular weight is 689 g/mol. The lowest BCUT2D eigenvalue weighted by Crippen LogP contribution is -2.68. The summed E-state index contributed by atoms with van der Waals surface area (Å²) < 4.78 is 60.0. The Balaban J connectivity index is 1.27. The maximum atomic E-state index is 15.7. The molecule has 11 nitrogen and oxygen atoms in total. The van der Waals surface area contributed by atoms with Crippen molar-refractivity contribution in [2.45, 2.75) is 132 Å². The molecule has 6 saturated heterocycles. The number of sulfonamides is 1. The molecule has 0 saturated carbocycles. The summed E-state index contributed by atoms with van der Waals surface area (Å²) in [6, 6.07) is -1.48. The Kier molecular flexibility index (Phi) is 13.0. The van der Waals surface area contributed by atoms with Gasteiger partial charge in [-0.05, 0) is 89.4 Å². The van der Waals surface area contributed by atoms with Crippen molar-refractivity contribution in [1.29, 1.82) is 0 Å². The van der Waals surface area contributed by atoms with Gasteiger partial charge in [-0.3, -0.25) is 9.69 Å². The van der Waals surface area contributed by atoms with Gasteiger partial charge in [-0.2, -0.15) is 4.31 Å². The summed E-state index contributed by atoms with van der Waals surface area (Å²) in [5, 5.41) is 9.11. The Morgan fingerprint density at radius 2 is 1.70 bits per heavy atom. The maximum Gasteiger partial charge on any atom is 0.227 e. The summed E-state index contributed by atoms with van der Waals surface area (Å²) in [5.41, 5.74) is 12.6. The van der Waals surface area contributed by atoms with E-state index in [2.05, 4.69) is 34.7 Å². The molecule has 0 aromatic carbocycles. The topological polar surface area (TPSA) is 149 Å². The summed E-state index contributed by atoms with van der Waals surface area (Å²) in [5.74, 6) is -1.16. The predicted molar refractivity (Wildman–Crippen MR) is 182 cm³/mol. The second-order valence-electron chi connectivity index (χ2n) is 15.2. The molecule has 0 aromatic rings. The highest BCUT2D eigenvalue weighted by Crippen LogP contribution is 2.41. The van der Waals surface area contributed by atoms with E-state index in [1.165, 1.54) is 0 Å². The van der Waals surface area contributed by atoms with Crippen molar-refractivity contribution in [3.8, 4) is 0 Å². The number of nitrogens with zero attached hydrogens (tertiary/aromatic N) is 3. The summed E-state index contributed by atoms with van der Waals surface area (Å²) in [6.07, 6.45) is 5.16. The van der Waals surface area contributed by atoms with Crippen LogP contribution in [0.25, 0.3) is 0 Å². The minimum Gasteiger partial charge on any atom is -0.350 e. The van der Waals surface area contributed by atoms with Crippen LogP contribution in [0.1, 0.15) is 84.5 Å². The monoisotopic (exact) mass is 688 g/mol. The van der Waals surface area contributed by atoms with Gasteiger partial charge in [-0.25, -0.2) is 17.2 Å².